The van der Waals surface area contributed by atoms with Gasteiger partial charge < -0.3 is 9.30 Å². The van der Waals surface area contributed by atoms with Gasteiger partial charge in [0, 0.05) is 29.7 Å². The first-order valence-electron chi connectivity index (χ1n) is 8.27. The first-order valence-corrected chi connectivity index (χ1v) is 8.27. The van der Waals surface area contributed by atoms with Crippen LogP contribution in [0.4, 0.5) is 0 Å². The van der Waals surface area contributed by atoms with Crippen LogP contribution in [-0.4, -0.2) is 14.5 Å². The first kappa shape index (κ1) is 17.4. The lowest BCUT2D eigenvalue weighted by molar-refractivity contribution is 0.294. The van der Waals surface area contributed by atoms with Crippen LogP contribution in [0.2, 0.25) is 0 Å². The molecule has 5 nitrogen and oxygen atoms in total. The van der Waals surface area contributed by atoms with E-state index < -0.39 is 0 Å². The normalized spacial score (nSPS) is 11.6. The largest absolute Gasteiger partial charge is 0.485 e. The van der Waals surface area contributed by atoms with Gasteiger partial charge in [-0.25, -0.2) is 9.97 Å². The molecule has 0 fully saturated rings. The Labute approximate surface area is 152 Å². The molecule has 3 aromatic rings. The summed E-state index contributed by atoms with van der Waals surface area (Å²) in [4.78, 5) is 20.8. The minimum Gasteiger partial charge on any atom is -0.485 e. The standard InChI is InChI=1S/C21H19N3O2/c1-4-17-6-8-18(9-7-17)16(3)24-15(2)12-19(13-21(24)25)26-14-20-22-10-5-11-23-20/h1,5-13,16H,14H2,2-3H3. The molecule has 0 saturated heterocycles. The smallest absolute Gasteiger partial charge is 0.254 e. The maximum Gasteiger partial charge on any atom is 0.254 e. The van der Waals surface area contributed by atoms with E-state index in [0.29, 0.717) is 11.6 Å². The third kappa shape index (κ3) is 3.81. The number of rotatable bonds is 5. The van der Waals surface area contributed by atoms with Crippen LogP contribution in [-0.2, 0) is 6.61 Å². The molecule has 0 spiro atoms. The summed E-state index contributed by atoms with van der Waals surface area (Å²) >= 11 is 0. The summed E-state index contributed by atoms with van der Waals surface area (Å²) in [6.07, 6.45) is 8.70. The molecule has 0 aliphatic heterocycles. The summed E-state index contributed by atoms with van der Waals surface area (Å²) in [5.74, 6) is 3.67. The molecule has 2 aromatic heterocycles. The molecular weight excluding hydrogens is 326 g/mol. The van der Waals surface area contributed by atoms with Crippen LogP contribution < -0.4 is 10.3 Å². The number of terminal acetylenes is 1. The SMILES string of the molecule is C#Cc1ccc(C(C)n2c(C)cc(OCc3ncccn3)cc2=O)cc1. The summed E-state index contributed by atoms with van der Waals surface area (Å²) in [6.45, 7) is 4.09. The molecule has 1 aromatic carbocycles. The van der Waals surface area contributed by atoms with E-state index in [1.807, 2.05) is 44.2 Å². The van der Waals surface area contributed by atoms with Crippen LogP contribution in [0.3, 0.4) is 0 Å². The zero-order chi connectivity index (χ0) is 18.5. The average molecular weight is 345 g/mol. The number of aryl methyl sites for hydroxylation is 1. The van der Waals surface area contributed by atoms with Gasteiger partial charge in [0.15, 0.2) is 5.82 Å². The summed E-state index contributed by atoms with van der Waals surface area (Å²) < 4.78 is 7.40. The highest BCUT2D eigenvalue weighted by atomic mass is 16.5. The maximum atomic E-state index is 12.6. The molecule has 0 radical (unpaired) electrons. The van der Waals surface area contributed by atoms with Crippen molar-refractivity contribution < 1.29 is 4.74 Å². The molecule has 0 bridgehead atoms. The van der Waals surface area contributed by atoms with Crippen molar-refractivity contribution in [3.8, 4) is 18.1 Å². The fraction of sp³-hybridized carbons (Fsp3) is 0.190. The molecule has 1 unspecified atom stereocenters. The number of benzene rings is 1. The highest BCUT2D eigenvalue weighted by molar-refractivity contribution is 5.36. The van der Waals surface area contributed by atoms with Gasteiger partial charge in [-0.1, -0.05) is 18.1 Å². The van der Waals surface area contributed by atoms with Crippen molar-refractivity contribution in [1.29, 1.82) is 0 Å². The van der Waals surface area contributed by atoms with E-state index in [0.717, 1.165) is 16.8 Å². The van der Waals surface area contributed by atoms with Crippen molar-refractivity contribution in [2.24, 2.45) is 0 Å². The molecule has 26 heavy (non-hydrogen) atoms. The van der Waals surface area contributed by atoms with Crippen LogP contribution in [0, 0.1) is 19.3 Å². The van der Waals surface area contributed by atoms with Crippen molar-refractivity contribution in [1.82, 2.24) is 14.5 Å². The summed E-state index contributed by atoms with van der Waals surface area (Å²) in [5.41, 5.74) is 2.52. The molecular formula is C21H19N3O2. The molecule has 130 valence electrons. The van der Waals surface area contributed by atoms with Gasteiger partial charge in [0.1, 0.15) is 12.4 Å². The van der Waals surface area contributed by atoms with E-state index in [1.165, 1.54) is 6.07 Å². The van der Waals surface area contributed by atoms with Crippen molar-refractivity contribution >= 4 is 0 Å². The van der Waals surface area contributed by atoms with Gasteiger partial charge in [0.25, 0.3) is 5.56 Å². The molecule has 3 rings (SSSR count). The Morgan fingerprint density at radius 1 is 1.19 bits per heavy atom. The molecule has 0 aliphatic carbocycles. The molecule has 0 aliphatic rings. The third-order valence-electron chi connectivity index (χ3n) is 4.17. The van der Waals surface area contributed by atoms with E-state index >= 15 is 0 Å². The highest BCUT2D eigenvalue weighted by Gasteiger charge is 2.13. The number of ether oxygens (including phenoxy) is 1. The number of hydrogen-bond donors (Lipinski definition) is 0. The fourth-order valence-electron chi connectivity index (χ4n) is 2.82. The van der Waals surface area contributed by atoms with E-state index in [-0.39, 0.29) is 18.2 Å². The Hall–Kier alpha value is -3.39. The van der Waals surface area contributed by atoms with Gasteiger partial charge in [-0.3, -0.25) is 4.79 Å². The lowest BCUT2D eigenvalue weighted by atomic mass is 10.1. The summed E-state index contributed by atoms with van der Waals surface area (Å²) in [7, 11) is 0. The van der Waals surface area contributed by atoms with Crippen molar-refractivity contribution in [3.63, 3.8) is 0 Å². The van der Waals surface area contributed by atoms with Crippen LogP contribution in [0.25, 0.3) is 0 Å². The van der Waals surface area contributed by atoms with Crippen LogP contribution in [0.5, 0.6) is 5.75 Å². The van der Waals surface area contributed by atoms with Gasteiger partial charge in [-0.15, -0.1) is 6.42 Å². The van der Waals surface area contributed by atoms with Crippen LogP contribution in [0.1, 0.15) is 35.6 Å². The Morgan fingerprint density at radius 2 is 1.88 bits per heavy atom. The molecule has 0 saturated carbocycles. The van der Waals surface area contributed by atoms with Crippen LogP contribution >= 0.6 is 0 Å². The quantitative estimate of drug-likeness (QED) is 0.667. The second-order valence-electron chi connectivity index (χ2n) is 5.94. The predicted octanol–water partition coefficient (Wildman–Crippen LogP) is 3.12. The van der Waals surface area contributed by atoms with Gasteiger partial charge in [-0.2, -0.15) is 0 Å². The topological polar surface area (TPSA) is 57.0 Å². The van der Waals surface area contributed by atoms with Gasteiger partial charge in [0.2, 0.25) is 0 Å². The molecule has 5 heteroatoms. The monoisotopic (exact) mass is 345 g/mol. The number of pyridine rings is 1. The molecule has 0 amide bonds. The zero-order valence-electron chi connectivity index (χ0n) is 14.7. The Bertz CT molecular complexity index is 987. The lowest BCUT2D eigenvalue weighted by Gasteiger charge is -2.19. The van der Waals surface area contributed by atoms with E-state index in [4.69, 9.17) is 11.2 Å². The number of aromatic nitrogens is 3. The second kappa shape index (κ2) is 7.66. The molecule has 1 atom stereocenters. The lowest BCUT2D eigenvalue weighted by Crippen LogP contribution is -2.25. The molecule has 0 N–H and O–H groups in total. The van der Waals surface area contributed by atoms with E-state index in [1.54, 1.807) is 23.0 Å². The first-order chi connectivity index (χ1) is 12.6. The highest BCUT2D eigenvalue weighted by Crippen LogP contribution is 2.20. The second-order valence-corrected chi connectivity index (χ2v) is 5.94. The Morgan fingerprint density at radius 3 is 2.50 bits per heavy atom. The van der Waals surface area contributed by atoms with Crippen molar-refractivity contribution in [3.05, 3.63) is 87.9 Å². The zero-order valence-corrected chi connectivity index (χ0v) is 14.7. The average Bonchev–Trinajstić information content (AvgIpc) is 2.66. The minimum absolute atomic E-state index is 0.110. The Balaban J connectivity index is 1.82. The van der Waals surface area contributed by atoms with Gasteiger partial charge in [0.05, 0.1) is 6.04 Å². The fourth-order valence-corrected chi connectivity index (χ4v) is 2.82. The Kier molecular flexibility index (Phi) is 5.14. The number of nitrogens with zero attached hydrogens (tertiary/aromatic N) is 3. The van der Waals surface area contributed by atoms with Crippen molar-refractivity contribution in [2.45, 2.75) is 26.5 Å². The van der Waals surface area contributed by atoms with E-state index in [9.17, 15) is 4.79 Å². The number of hydrogen-bond acceptors (Lipinski definition) is 4. The maximum absolute atomic E-state index is 12.6. The van der Waals surface area contributed by atoms with Gasteiger partial charge in [-0.05, 0) is 43.7 Å². The summed E-state index contributed by atoms with van der Waals surface area (Å²) in [5, 5.41) is 0. The van der Waals surface area contributed by atoms with Crippen molar-refractivity contribution in [2.75, 3.05) is 0 Å². The van der Waals surface area contributed by atoms with E-state index in [2.05, 4.69) is 15.9 Å². The third-order valence-corrected chi connectivity index (χ3v) is 4.17. The van der Waals surface area contributed by atoms with Gasteiger partial charge >= 0.3 is 0 Å². The predicted molar refractivity (Wildman–Crippen MR) is 100.0 cm³/mol. The molecule has 2 heterocycles. The van der Waals surface area contributed by atoms with Crippen LogP contribution in [0.15, 0.2) is 59.7 Å². The summed E-state index contributed by atoms with van der Waals surface area (Å²) in [6, 6.07) is 12.6. The minimum atomic E-state index is -0.123.